The molecule has 0 aliphatic rings. The van der Waals surface area contributed by atoms with Gasteiger partial charge < -0.3 is 0 Å². The summed E-state index contributed by atoms with van der Waals surface area (Å²) >= 11 is 5.18. The molecule has 0 saturated carbocycles. The Balaban J connectivity index is 1.85. The van der Waals surface area contributed by atoms with Crippen LogP contribution in [0.3, 0.4) is 0 Å². The molecule has 2 nitrogen and oxygen atoms in total. The van der Waals surface area contributed by atoms with Gasteiger partial charge in [0.05, 0.1) is 3.79 Å². The lowest BCUT2D eigenvalue weighted by Crippen LogP contribution is -2.27. The van der Waals surface area contributed by atoms with Gasteiger partial charge >= 0.3 is 0 Å². The fourth-order valence-corrected chi connectivity index (χ4v) is 3.24. The maximum absolute atomic E-state index is 5.63. The predicted molar refractivity (Wildman–Crippen MR) is 81.5 cm³/mol. The van der Waals surface area contributed by atoms with Crippen LogP contribution < -0.4 is 11.3 Å². The molecule has 2 rings (SSSR count). The van der Waals surface area contributed by atoms with Gasteiger partial charge in [-0.15, -0.1) is 11.3 Å². The van der Waals surface area contributed by atoms with Crippen LogP contribution in [0.4, 0.5) is 0 Å². The Hall–Kier alpha value is -0.680. The van der Waals surface area contributed by atoms with Gasteiger partial charge in [-0.05, 0) is 57.8 Å². The minimum atomic E-state index is 0.247. The summed E-state index contributed by atoms with van der Waals surface area (Å²) in [6.45, 7) is 0. The van der Waals surface area contributed by atoms with Crippen LogP contribution in [-0.4, -0.2) is 0 Å². The zero-order valence-corrected chi connectivity index (χ0v) is 12.5. The zero-order chi connectivity index (χ0) is 12.8. The van der Waals surface area contributed by atoms with Crippen molar-refractivity contribution in [3.63, 3.8) is 0 Å². The molecule has 0 aliphatic heterocycles. The monoisotopic (exact) mass is 324 g/mol. The highest BCUT2D eigenvalue weighted by atomic mass is 79.9. The van der Waals surface area contributed by atoms with Crippen LogP contribution in [0.2, 0.25) is 0 Å². The van der Waals surface area contributed by atoms with Crippen molar-refractivity contribution in [3.8, 4) is 0 Å². The van der Waals surface area contributed by atoms with Crippen LogP contribution in [0.25, 0.3) is 0 Å². The molecule has 1 atom stereocenters. The largest absolute Gasteiger partial charge is 0.271 e. The van der Waals surface area contributed by atoms with E-state index in [0.717, 1.165) is 23.0 Å². The SMILES string of the molecule is NNC(CCCc1ccccc1)c1csc(Br)c1. The summed E-state index contributed by atoms with van der Waals surface area (Å²) in [4.78, 5) is 0. The number of thiophene rings is 1. The van der Waals surface area contributed by atoms with E-state index in [-0.39, 0.29) is 6.04 Å². The van der Waals surface area contributed by atoms with Crippen molar-refractivity contribution in [3.05, 3.63) is 56.7 Å². The van der Waals surface area contributed by atoms with E-state index >= 15 is 0 Å². The van der Waals surface area contributed by atoms with E-state index in [2.05, 4.69) is 63.1 Å². The van der Waals surface area contributed by atoms with Crippen molar-refractivity contribution in [2.45, 2.75) is 25.3 Å². The molecule has 0 fully saturated rings. The molecule has 1 unspecified atom stereocenters. The molecule has 2 aromatic rings. The quantitative estimate of drug-likeness (QED) is 0.621. The van der Waals surface area contributed by atoms with Crippen LogP contribution in [0.15, 0.2) is 45.6 Å². The minimum absolute atomic E-state index is 0.247. The van der Waals surface area contributed by atoms with Gasteiger partial charge in [0, 0.05) is 6.04 Å². The van der Waals surface area contributed by atoms with E-state index in [1.807, 2.05) is 0 Å². The summed E-state index contributed by atoms with van der Waals surface area (Å²) in [5, 5.41) is 2.15. The highest BCUT2D eigenvalue weighted by molar-refractivity contribution is 9.11. The smallest absolute Gasteiger partial charge is 0.0701 e. The van der Waals surface area contributed by atoms with Crippen LogP contribution >= 0.6 is 27.3 Å². The van der Waals surface area contributed by atoms with Gasteiger partial charge in [-0.2, -0.15) is 0 Å². The first kappa shape index (κ1) is 13.7. The second-order valence-corrected chi connectivity index (χ2v) is 6.57. The summed E-state index contributed by atoms with van der Waals surface area (Å²) in [5.74, 6) is 5.63. The molecular formula is C14H17BrN2S. The van der Waals surface area contributed by atoms with E-state index in [1.165, 1.54) is 11.1 Å². The Morgan fingerprint density at radius 3 is 2.67 bits per heavy atom. The van der Waals surface area contributed by atoms with Gasteiger partial charge in [-0.1, -0.05) is 30.3 Å². The number of hydrogen-bond donors (Lipinski definition) is 2. The maximum atomic E-state index is 5.63. The van der Waals surface area contributed by atoms with Gasteiger partial charge in [0.25, 0.3) is 0 Å². The first-order chi connectivity index (χ1) is 8.79. The summed E-state index contributed by atoms with van der Waals surface area (Å²) in [5.41, 5.74) is 5.56. The van der Waals surface area contributed by atoms with Crippen LogP contribution in [0.1, 0.15) is 30.0 Å². The molecule has 0 radical (unpaired) electrons. The number of hydrogen-bond acceptors (Lipinski definition) is 3. The summed E-state index contributed by atoms with van der Waals surface area (Å²) in [6, 6.07) is 13.0. The van der Waals surface area contributed by atoms with Crippen molar-refractivity contribution < 1.29 is 0 Å². The van der Waals surface area contributed by atoms with Gasteiger partial charge in [-0.25, -0.2) is 0 Å². The number of benzene rings is 1. The molecule has 0 aliphatic carbocycles. The fraction of sp³-hybridized carbons (Fsp3) is 0.286. The van der Waals surface area contributed by atoms with Crippen LogP contribution in [0, 0.1) is 0 Å². The topological polar surface area (TPSA) is 38.0 Å². The van der Waals surface area contributed by atoms with Gasteiger partial charge in [0.15, 0.2) is 0 Å². The van der Waals surface area contributed by atoms with Gasteiger partial charge in [0.1, 0.15) is 0 Å². The second kappa shape index (κ2) is 7.04. The van der Waals surface area contributed by atoms with Crippen LogP contribution in [-0.2, 0) is 6.42 Å². The molecular weight excluding hydrogens is 308 g/mol. The van der Waals surface area contributed by atoms with Crippen molar-refractivity contribution in [2.24, 2.45) is 5.84 Å². The third kappa shape index (κ3) is 3.92. The maximum Gasteiger partial charge on any atom is 0.0701 e. The van der Waals surface area contributed by atoms with Crippen molar-refractivity contribution >= 4 is 27.3 Å². The lowest BCUT2D eigenvalue weighted by Gasteiger charge is -2.14. The number of hydrazine groups is 1. The number of aryl methyl sites for hydroxylation is 1. The number of nitrogens with two attached hydrogens (primary N) is 1. The Morgan fingerprint density at radius 1 is 1.28 bits per heavy atom. The van der Waals surface area contributed by atoms with Crippen LogP contribution in [0.5, 0.6) is 0 Å². The average Bonchev–Trinajstić information content (AvgIpc) is 2.82. The number of rotatable bonds is 6. The fourth-order valence-electron chi connectivity index (χ4n) is 2.01. The first-order valence-corrected chi connectivity index (χ1v) is 7.71. The Kier molecular flexibility index (Phi) is 5.38. The molecule has 96 valence electrons. The zero-order valence-electron chi connectivity index (χ0n) is 10.1. The molecule has 18 heavy (non-hydrogen) atoms. The third-order valence-corrected chi connectivity index (χ3v) is 4.52. The molecule has 0 amide bonds. The first-order valence-electron chi connectivity index (χ1n) is 6.03. The molecule has 0 spiro atoms. The lowest BCUT2D eigenvalue weighted by atomic mass is 10.0. The molecule has 3 N–H and O–H groups in total. The highest BCUT2D eigenvalue weighted by Gasteiger charge is 2.10. The van der Waals surface area contributed by atoms with E-state index in [4.69, 9.17) is 5.84 Å². The molecule has 4 heteroatoms. The normalized spacial score (nSPS) is 12.6. The molecule has 1 aromatic carbocycles. The minimum Gasteiger partial charge on any atom is -0.271 e. The van der Waals surface area contributed by atoms with Crippen molar-refractivity contribution in [1.29, 1.82) is 0 Å². The van der Waals surface area contributed by atoms with Gasteiger partial charge in [0.2, 0.25) is 0 Å². The Labute approximate surface area is 120 Å². The predicted octanol–water partition coefficient (Wildman–Crippen LogP) is 4.04. The Morgan fingerprint density at radius 2 is 2.06 bits per heavy atom. The van der Waals surface area contributed by atoms with Crippen molar-refractivity contribution in [1.82, 2.24) is 5.43 Å². The summed E-state index contributed by atoms with van der Waals surface area (Å²) in [7, 11) is 0. The average molecular weight is 325 g/mol. The van der Waals surface area contributed by atoms with E-state index in [1.54, 1.807) is 11.3 Å². The number of halogens is 1. The molecule has 1 heterocycles. The van der Waals surface area contributed by atoms with E-state index in [9.17, 15) is 0 Å². The van der Waals surface area contributed by atoms with E-state index in [0.29, 0.717) is 0 Å². The Bertz CT molecular complexity index is 470. The van der Waals surface area contributed by atoms with Gasteiger partial charge in [-0.3, -0.25) is 11.3 Å². The third-order valence-electron chi connectivity index (χ3n) is 2.99. The lowest BCUT2D eigenvalue weighted by molar-refractivity contribution is 0.499. The van der Waals surface area contributed by atoms with Crippen molar-refractivity contribution in [2.75, 3.05) is 0 Å². The second-order valence-electron chi connectivity index (χ2n) is 4.28. The molecule has 0 saturated heterocycles. The molecule has 0 bridgehead atoms. The highest BCUT2D eigenvalue weighted by Crippen LogP contribution is 2.27. The molecule has 1 aromatic heterocycles. The number of nitrogens with one attached hydrogen (secondary N) is 1. The summed E-state index contributed by atoms with van der Waals surface area (Å²) in [6.07, 6.45) is 3.28. The van der Waals surface area contributed by atoms with E-state index < -0.39 is 0 Å². The summed E-state index contributed by atoms with van der Waals surface area (Å²) < 4.78 is 1.15. The standard InChI is InChI=1S/C14H17BrN2S/c15-14-9-12(10-18-14)13(17-16)8-4-7-11-5-2-1-3-6-11/h1-3,5-6,9-10,13,17H,4,7-8,16H2.